The van der Waals surface area contributed by atoms with E-state index in [4.69, 9.17) is 9.47 Å². The molecule has 0 aliphatic rings. The molecule has 0 amide bonds. The number of carbonyl (C=O) groups excluding carboxylic acids is 1. The number of phenolic OH excluding ortho intramolecular Hbond substituents is 1. The number of ether oxygens (including phenoxy) is 2. The van der Waals surface area contributed by atoms with E-state index in [9.17, 15) is 9.90 Å². The molecule has 2 rings (SSSR count). The number of hydrogen-bond donors (Lipinski definition) is 1. The van der Waals surface area contributed by atoms with Crippen molar-refractivity contribution in [1.29, 1.82) is 0 Å². The fraction of sp³-hybridized carbons (Fsp3) is 0.211. The highest BCUT2D eigenvalue weighted by Gasteiger charge is 2.08. The van der Waals surface area contributed by atoms with Gasteiger partial charge in [0.05, 0.1) is 18.8 Å². The molecule has 0 fully saturated rings. The number of hydrogen-bond acceptors (Lipinski definition) is 4. The average molecular weight is 312 g/mol. The molecule has 23 heavy (non-hydrogen) atoms. The summed E-state index contributed by atoms with van der Waals surface area (Å²) in [6.45, 7) is 4.91. The molecule has 0 unspecified atom stereocenters. The summed E-state index contributed by atoms with van der Waals surface area (Å²) in [5, 5.41) is 9.72. The molecule has 0 aromatic heterocycles. The van der Waals surface area contributed by atoms with Crippen LogP contribution in [0.1, 0.15) is 29.8 Å². The average Bonchev–Trinajstić information content (AvgIpc) is 2.55. The summed E-state index contributed by atoms with van der Waals surface area (Å²) in [7, 11) is 0. The van der Waals surface area contributed by atoms with E-state index in [0.29, 0.717) is 19.0 Å². The van der Waals surface area contributed by atoms with E-state index in [1.54, 1.807) is 30.3 Å². The van der Waals surface area contributed by atoms with Crippen molar-refractivity contribution in [2.75, 3.05) is 13.2 Å². The number of ketones is 1. The van der Waals surface area contributed by atoms with Crippen LogP contribution in [-0.2, 0) is 0 Å². The van der Waals surface area contributed by atoms with E-state index < -0.39 is 0 Å². The molecule has 0 saturated carbocycles. The van der Waals surface area contributed by atoms with Crippen molar-refractivity contribution >= 4 is 11.9 Å². The maximum absolute atomic E-state index is 12.2. The smallest absolute Gasteiger partial charge is 0.189 e. The lowest BCUT2D eigenvalue weighted by atomic mass is 10.1. The van der Waals surface area contributed by atoms with Gasteiger partial charge < -0.3 is 14.6 Å². The molecule has 0 radical (unpaired) electrons. The van der Waals surface area contributed by atoms with E-state index >= 15 is 0 Å². The second-order valence-corrected chi connectivity index (χ2v) is 4.78. The zero-order chi connectivity index (χ0) is 16.7. The minimum absolute atomic E-state index is 0.0288. The topological polar surface area (TPSA) is 55.8 Å². The number of rotatable bonds is 7. The summed E-state index contributed by atoms with van der Waals surface area (Å²) in [4.78, 5) is 12.2. The van der Waals surface area contributed by atoms with Crippen LogP contribution in [0.3, 0.4) is 0 Å². The van der Waals surface area contributed by atoms with Crippen LogP contribution in [-0.4, -0.2) is 24.1 Å². The van der Waals surface area contributed by atoms with Crippen LogP contribution >= 0.6 is 0 Å². The zero-order valence-corrected chi connectivity index (χ0v) is 13.3. The molecule has 2 aromatic rings. The first-order valence-corrected chi connectivity index (χ1v) is 7.55. The second kappa shape index (κ2) is 8.03. The van der Waals surface area contributed by atoms with E-state index in [1.165, 1.54) is 12.1 Å². The Morgan fingerprint density at radius 3 is 2.52 bits per heavy atom. The lowest BCUT2D eigenvalue weighted by Gasteiger charge is -2.10. The van der Waals surface area contributed by atoms with Crippen LogP contribution in [0.4, 0.5) is 0 Å². The van der Waals surface area contributed by atoms with E-state index in [1.807, 2.05) is 26.0 Å². The predicted molar refractivity (Wildman–Crippen MR) is 90.3 cm³/mol. The third kappa shape index (κ3) is 4.36. The number of carbonyl (C=O) groups is 1. The highest BCUT2D eigenvalue weighted by atomic mass is 16.5. The van der Waals surface area contributed by atoms with Crippen LogP contribution in [0.2, 0.25) is 0 Å². The van der Waals surface area contributed by atoms with Gasteiger partial charge in [-0.1, -0.05) is 12.1 Å². The summed E-state index contributed by atoms with van der Waals surface area (Å²) in [5.74, 6) is 1.08. The maximum atomic E-state index is 12.2. The Balaban J connectivity index is 2.24. The van der Waals surface area contributed by atoms with Crippen molar-refractivity contribution < 1.29 is 19.4 Å². The van der Waals surface area contributed by atoms with Gasteiger partial charge in [-0.05, 0) is 50.3 Å². The summed E-state index contributed by atoms with van der Waals surface area (Å²) in [6.07, 6.45) is 3.10. The predicted octanol–water partition coefficient (Wildman–Crippen LogP) is 4.09. The van der Waals surface area contributed by atoms with Gasteiger partial charge in [-0.3, -0.25) is 4.79 Å². The summed E-state index contributed by atoms with van der Waals surface area (Å²) in [6, 6.07) is 11.9. The fourth-order valence-corrected chi connectivity index (χ4v) is 2.13. The van der Waals surface area contributed by atoms with E-state index in [2.05, 4.69) is 0 Å². The molecule has 0 spiro atoms. The largest absolute Gasteiger partial charge is 0.507 e. The van der Waals surface area contributed by atoms with E-state index in [-0.39, 0.29) is 17.1 Å². The molecule has 0 atom stereocenters. The Morgan fingerprint density at radius 2 is 1.83 bits per heavy atom. The molecular weight excluding hydrogens is 292 g/mol. The van der Waals surface area contributed by atoms with Gasteiger partial charge in [0.2, 0.25) is 0 Å². The third-order valence-corrected chi connectivity index (χ3v) is 3.18. The molecule has 4 nitrogen and oxygen atoms in total. The molecule has 0 saturated heterocycles. The Kier molecular flexibility index (Phi) is 5.80. The maximum Gasteiger partial charge on any atom is 0.189 e. The van der Waals surface area contributed by atoms with Crippen LogP contribution < -0.4 is 9.47 Å². The molecular formula is C19H20O4. The van der Waals surface area contributed by atoms with Crippen molar-refractivity contribution in [1.82, 2.24) is 0 Å². The zero-order valence-electron chi connectivity index (χ0n) is 13.3. The third-order valence-electron chi connectivity index (χ3n) is 3.18. The van der Waals surface area contributed by atoms with Gasteiger partial charge in [0.15, 0.2) is 5.78 Å². The highest BCUT2D eigenvalue weighted by Crippen LogP contribution is 2.27. The van der Waals surface area contributed by atoms with Gasteiger partial charge in [0, 0.05) is 11.6 Å². The number of aromatic hydroxyl groups is 1. The molecule has 0 aliphatic carbocycles. The standard InChI is InChI=1S/C19H20O4/c1-3-22-15-11-9-14(19(13-15)23-4-2)10-12-18(21)16-7-5-6-8-17(16)20/h5-13,20H,3-4H2,1-2H3. The van der Waals surface area contributed by atoms with Gasteiger partial charge >= 0.3 is 0 Å². The normalized spacial score (nSPS) is 10.7. The van der Waals surface area contributed by atoms with Crippen LogP contribution in [0, 0.1) is 0 Å². The van der Waals surface area contributed by atoms with Crippen molar-refractivity contribution in [2.24, 2.45) is 0 Å². The van der Waals surface area contributed by atoms with Gasteiger partial charge in [-0.2, -0.15) is 0 Å². The Hall–Kier alpha value is -2.75. The van der Waals surface area contributed by atoms with Crippen LogP contribution in [0.25, 0.3) is 6.08 Å². The Labute approximate surface area is 136 Å². The SMILES string of the molecule is CCOc1ccc(C=CC(=O)c2ccccc2O)c(OCC)c1. The molecule has 0 bridgehead atoms. The van der Waals surface area contributed by atoms with Gasteiger partial charge in [-0.15, -0.1) is 0 Å². The van der Waals surface area contributed by atoms with Crippen molar-refractivity contribution in [2.45, 2.75) is 13.8 Å². The van der Waals surface area contributed by atoms with Gasteiger partial charge in [-0.25, -0.2) is 0 Å². The summed E-state index contributed by atoms with van der Waals surface area (Å²) < 4.78 is 11.0. The lowest BCUT2D eigenvalue weighted by molar-refractivity contribution is 0.104. The molecule has 2 aromatic carbocycles. The molecule has 0 aliphatic heterocycles. The summed E-state index contributed by atoms with van der Waals surface area (Å²) >= 11 is 0. The van der Waals surface area contributed by atoms with Crippen LogP contribution in [0.5, 0.6) is 17.2 Å². The van der Waals surface area contributed by atoms with E-state index in [0.717, 1.165) is 11.3 Å². The number of phenols is 1. The van der Waals surface area contributed by atoms with Crippen molar-refractivity contribution in [3.05, 3.63) is 59.7 Å². The lowest BCUT2D eigenvalue weighted by Crippen LogP contribution is -1.98. The van der Waals surface area contributed by atoms with Crippen LogP contribution in [0.15, 0.2) is 48.5 Å². The number of para-hydroxylation sites is 1. The fourth-order valence-electron chi connectivity index (χ4n) is 2.13. The molecule has 0 heterocycles. The quantitative estimate of drug-likeness (QED) is 0.618. The van der Waals surface area contributed by atoms with Crippen molar-refractivity contribution in [3.63, 3.8) is 0 Å². The first-order valence-electron chi connectivity index (χ1n) is 7.55. The summed E-state index contributed by atoms with van der Waals surface area (Å²) in [5.41, 5.74) is 1.05. The minimum Gasteiger partial charge on any atom is -0.507 e. The molecule has 4 heteroatoms. The molecule has 1 N–H and O–H groups in total. The monoisotopic (exact) mass is 312 g/mol. The van der Waals surface area contributed by atoms with Crippen molar-refractivity contribution in [3.8, 4) is 17.2 Å². The first-order chi connectivity index (χ1) is 11.2. The Morgan fingerprint density at radius 1 is 1.09 bits per heavy atom. The second-order valence-electron chi connectivity index (χ2n) is 4.78. The molecule has 120 valence electrons. The first kappa shape index (κ1) is 16.6. The number of benzene rings is 2. The Bertz CT molecular complexity index is 704. The minimum atomic E-state index is -0.264. The highest BCUT2D eigenvalue weighted by molar-refractivity contribution is 6.08. The van der Waals surface area contributed by atoms with Gasteiger partial charge in [0.1, 0.15) is 17.2 Å². The van der Waals surface area contributed by atoms with Gasteiger partial charge in [0.25, 0.3) is 0 Å². The number of allylic oxidation sites excluding steroid dienone is 1.